The predicted molar refractivity (Wildman–Crippen MR) is 57.7 cm³/mol. The lowest BCUT2D eigenvalue weighted by Gasteiger charge is -2.27. The van der Waals surface area contributed by atoms with E-state index in [1.165, 1.54) is 0 Å². The average molecular weight is 211 g/mol. The Balaban J connectivity index is 2.81. The van der Waals surface area contributed by atoms with Gasteiger partial charge in [0.15, 0.2) is 0 Å². The first-order chi connectivity index (χ1) is 6.80. The van der Waals surface area contributed by atoms with Crippen molar-refractivity contribution >= 4 is 11.7 Å². The van der Waals surface area contributed by atoms with Crippen molar-refractivity contribution in [1.82, 2.24) is 9.78 Å². The van der Waals surface area contributed by atoms with Gasteiger partial charge in [-0.3, -0.25) is 4.68 Å². The quantitative estimate of drug-likeness (QED) is 0.791. The van der Waals surface area contributed by atoms with E-state index in [2.05, 4.69) is 10.4 Å². The lowest BCUT2D eigenvalue weighted by molar-refractivity contribution is -0.140. The maximum Gasteiger partial charge on any atom is 0.326 e. The van der Waals surface area contributed by atoms with Gasteiger partial charge in [0.05, 0.1) is 11.9 Å². The Hall–Kier alpha value is -1.52. The molecule has 1 aromatic rings. The molecule has 0 bridgehead atoms. The number of anilines is 1. The van der Waals surface area contributed by atoms with Crippen LogP contribution in [0.4, 0.5) is 5.69 Å². The lowest BCUT2D eigenvalue weighted by Crippen LogP contribution is -2.40. The first-order valence-electron chi connectivity index (χ1n) is 4.78. The Morgan fingerprint density at radius 1 is 1.60 bits per heavy atom. The van der Waals surface area contributed by atoms with E-state index in [0.29, 0.717) is 0 Å². The van der Waals surface area contributed by atoms with Crippen LogP contribution in [0.5, 0.6) is 0 Å². The molecule has 0 saturated carbocycles. The molecule has 15 heavy (non-hydrogen) atoms. The molecule has 1 aromatic heterocycles. The number of nitrogens with zero attached hydrogens (tertiary/aromatic N) is 2. The summed E-state index contributed by atoms with van der Waals surface area (Å²) in [5.74, 6) is -0.855. The molecule has 0 amide bonds. The standard InChI is InChI=1S/C10H17N3O2/c1-10(2,3)8(9(14)15)12-7-5-11-13(4)6-7/h5-6,8,12H,1-4H3,(H,14,15). The molecule has 0 aromatic carbocycles. The SMILES string of the molecule is Cn1cc(NC(C(=O)O)C(C)(C)C)cn1. The van der Waals surface area contributed by atoms with E-state index in [9.17, 15) is 4.79 Å². The van der Waals surface area contributed by atoms with Crippen LogP contribution < -0.4 is 5.32 Å². The number of aromatic nitrogens is 2. The minimum atomic E-state index is -0.855. The lowest BCUT2D eigenvalue weighted by atomic mass is 9.87. The van der Waals surface area contributed by atoms with Crippen LogP contribution in [-0.4, -0.2) is 26.9 Å². The Morgan fingerprint density at radius 3 is 2.53 bits per heavy atom. The summed E-state index contributed by atoms with van der Waals surface area (Å²) in [6.07, 6.45) is 3.36. The molecule has 1 rings (SSSR count). The molecule has 1 unspecified atom stereocenters. The van der Waals surface area contributed by atoms with Crippen molar-refractivity contribution in [3.05, 3.63) is 12.4 Å². The number of rotatable bonds is 3. The number of aliphatic carboxylic acids is 1. The number of carboxylic acids is 1. The van der Waals surface area contributed by atoms with Crippen molar-refractivity contribution < 1.29 is 9.90 Å². The molecule has 0 spiro atoms. The normalized spacial score (nSPS) is 13.6. The third kappa shape index (κ3) is 2.97. The second-order valence-corrected chi connectivity index (χ2v) is 4.68. The second-order valence-electron chi connectivity index (χ2n) is 4.68. The number of hydrogen-bond donors (Lipinski definition) is 2. The van der Waals surface area contributed by atoms with Crippen molar-refractivity contribution in [1.29, 1.82) is 0 Å². The fourth-order valence-electron chi connectivity index (χ4n) is 1.31. The van der Waals surface area contributed by atoms with Gasteiger partial charge in [0.25, 0.3) is 0 Å². The molecule has 5 heteroatoms. The molecule has 84 valence electrons. The van der Waals surface area contributed by atoms with Gasteiger partial charge in [-0.05, 0) is 5.41 Å². The van der Waals surface area contributed by atoms with Gasteiger partial charge in [0.1, 0.15) is 6.04 Å². The summed E-state index contributed by atoms with van der Waals surface area (Å²) in [6, 6.07) is -0.623. The van der Waals surface area contributed by atoms with E-state index in [-0.39, 0.29) is 5.41 Å². The first-order valence-corrected chi connectivity index (χ1v) is 4.78. The van der Waals surface area contributed by atoms with Crippen molar-refractivity contribution in [2.45, 2.75) is 26.8 Å². The molecule has 1 heterocycles. The van der Waals surface area contributed by atoms with Gasteiger partial charge < -0.3 is 10.4 Å². The zero-order chi connectivity index (χ0) is 11.6. The zero-order valence-corrected chi connectivity index (χ0v) is 9.48. The van der Waals surface area contributed by atoms with Crippen molar-refractivity contribution in [2.75, 3.05) is 5.32 Å². The van der Waals surface area contributed by atoms with Crippen LogP contribution >= 0.6 is 0 Å². The average Bonchev–Trinajstić information content (AvgIpc) is 2.44. The van der Waals surface area contributed by atoms with Crippen LogP contribution in [0, 0.1) is 5.41 Å². The summed E-state index contributed by atoms with van der Waals surface area (Å²) in [7, 11) is 1.79. The van der Waals surface area contributed by atoms with E-state index in [4.69, 9.17) is 5.11 Å². The Bertz CT molecular complexity index is 352. The topological polar surface area (TPSA) is 67.2 Å². The van der Waals surface area contributed by atoms with Gasteiger partial charge in [0.2, 0.25) is 0 Å². The summed E-state index contributed by atoms with van der Waals surface area (Å²) in [4.78, 5) is 11.1. The van der Waals surface area contributed by atoms with Gasteiger partial charge in [0, 0.05) is 13.2 Å². The molecule has 0 saturated heterocycles. The highest BCUT2D eigenvalue weighted by molar-refractivity contribution is 5.78. The predicted octanol–water partition coefficient (Wildman–Crippen LogP) is 1.33. The third-order valence-corrected chi connectivity index (χ3v) is 2.13. The smallest absolute Gasteiger partial charge is 0.326 e. The van der Waals surface area contributed by atoms with Crippen molar-refractivity contribution in [3.63, 3.8) is 0 Å². The third-order valence-electron chi connectivity index (χ3n) is 2.13. The minimum Gasteiger partial charge on any atom is -0.480 e. The second kappa shape index (κ2) is 3.92. The summed E-state index contributed by atoms with van der Waals surface area (Å²) < 4.78 is 1.63. The van der Waals surface area contributed by atoms with E-state index >= 15 is 0 Å². The van der Waals surface area contributed by atoms with Gasteiger partial charge in [-0.25, -0.2) is 4.79 Å². The fraction of sp³-hybridized carbons (Fsp3) is 0.600. The minimum absolute atomic E-state index is 0.346. The Labute approximate surface area is 89.1 Å². The van der Waals surface area contributed by atoms with Crippen molar-refractivity contribution in [2.24, 2.45) is 12.5 Å². The van der Waals surface area contributed by atoms with E-state index in [1.54, 1.807) is 24.1 Å². The van der Waals surface area contributed by atoms with Crippen LogP contribution in [0.15, 0.2) is 12.4 Å². The molecule has 2 N–H and O–H groups in total. The molecule has 5 nitrogen and oxygen atoms in total. The first kappa shape index (κ1) is 11.6. The highest BCUT2D eigenvalue weighted by Crippen LogP contribution is 2.23. The number of carbonyl (C=O) groups is 1. The van der Waals surface area contributed by atoms with E-state index in [1.807, 2.05) is 20.8 Å². The molecule has 0 aliphatic heterocycles. The molecule has 0 aliphatic rings. The van der Waals surface area contributed by atoms with Crippen LogP contribution in [0.25, 0.3) is 0 Å². The number of nitrogens with one attached hydrogen (secondary N) is 1. The molecule has 0 fully saturated rings. The maximum atomic E-state index is 11.1. The van der Waals surface area contributed by atoms with Gasteiger partial charge in [-0.15, -0.1) is 0 Å². The number of aryl methyl sites for hydroxylation is 1. The molecule has 0 radical (unpaired) electrons. The van der Waals surface area contributed by atoms with Gasteiger partial charge in [-0.1, -0.05) is 20.8 Å². The summed E-state index contributed by atoms with van der Waals surface area (Å²) in [6.45, 7) is 5.65. The number of hydrogen-bond acceptors (Lipinski definition) is 3. The molecular weight excluding hydrogens is 194 g/mol. The zero-order valence-electron chi connectivity index (χ0n) is 9.48. The van der Waals surface area contributed by atoms with Gasteiger partial charge in [-0.2, -0.15) is 5.10 Å². The fourth-order valence-corrected chi connectivity index (χ4v) is 1.31. The number of carboxylic acid groups (broad SMARTS) is 1. The molecular formula is C10H17N3O2. The van der Waals surface area contributed by atoms with Gasteiger partial charge >= 0.3 is 5.97 Å². The van der Waals surface area contributed by atoms with Crippen LogP contribution in [0.2, 0.25) is 0 Å². The highest BCUT2D eigenvalue weighted by Gasteiger charge is 2.31. The monoisotopic (exact) mass is 211 g/mol. The maximum absolute atomic E-state index is 11.1. The van der Waals surface area contributed by atoms with Crippen LogP contribution in [0.3, 0.4) is 0 Å². The van der Waals surface area contributed by atoms with E-state index in [0.717, 1.165) is 5.69 Å². The molecule has 1 atom stereocenters. The summed E-state index contributed by atoms with van der Waals surface area (Å²) in [5, 5.41) is 16.0. The molecule has 0 aliphatic carbocycles. The van der Waals surface area contributed by atoms with Crippen LogP contribution in [-0.2, 0) is 11.8 Å². The van der Waals surface area contributed by atoms with E-state index < -0.39 is 12.0 Å². The largest absolute Gasteiger partial charge is 0.480 e. The Kier molecular flexibility index (Phi) is 3.02. The Morgan fingerprint density at radius 2 is 2.20 bits per heavy atom. The summed E-state index contributed by atoms with van der Waals surface area (Å²) >= 11 is 0. The van der Waals surface area contributed by atoms with Crippen LogP contribution in [0.1, 0.15) is 20.8 Å². The summed E-state index contributed by atoms with van der Waals surface area (Å²) in [5.41, 5.74) is 0.376. The van der Waals surface area contributed by atoms with Crippen molar-refractivity contribution in [3.8, 4) is 0 Å². The highest BCUT2D eigenvalue weighted by atomic mass is 16.4.